The van der Waals surface area contributed by atoms with Gasteiger partial charge >= 0.3 is 12.1 Å². The zero-order valence-electron chi connectivity index (χ0n) is 23.8. The molecular formula is C27H43N3O6S. The van der Waals surface area contributed by atoms with Crippen LogP contribution in [-0.2, 0) is 23.9 Å². The van der Waals surface area contributed by atoms with E-state index in [4.69, 9.17) is 4.74 Å². The molecule has 0 fully saturated rings. The summed E-state index contributed by atoms with van der Waals surface area (Å²) < 4.78 is 10.1. The largest absolute Gasteiger partial charge is 0.468 e. The number of nitrogens with zero attached hydrogens (tertiary/aromatic N) is 1. The van der Waals surface area contributed by atoms with Crippen molar-refractivity contribution in [3.63, 3.8) is 0 Å². The third kappa shape index (κ3) is 10.3. The fraction of sp³-hybridized carbons (Fsp3) is 0.630. The Balaban J connectivity index is 3.59. The number of amides is 3. The number of carbonyl (C=O) groups excluding carboxylic acids is 4. The monoisotopic (exact) mass is 537 g/mol. The van der Waals surface area contributed by atoms with E-state index in [1.807, 2.05) is 59.1 Å². The highest BCUT2D eigenvalue weighted by molar-refractivity contribution is 7.98. The second-order valence-corrected chi connectivity index (χ2v) is 11.9. The van der Waals surface area contributed by atoms with Crippen molar-refractivity contribution < 1.29 is 28.7 Å². The van der Waals surface area contributed by atoms with E-state index in [1.165, 1.54) is 12.0 Å². The van der Waals surface area contributed by atoms with Crippen LogP contribution in [0, 0.1) is 13.8 Å². The second-order valence-electron chi connectivity index (χ2n) is 10.9. The van der Waals surface area contributed by atoms with Crippen LogP contribution in [-0.4, -0.2) is 71.6 Å². The van der Waals surface area contributed by atoms with Gasteiger partial charge < -0.3 is 25.0 Å². The van der Waals surface area contributed by atoms with Crippen molar-refractivity contribution in [2.45, 2.75) is 85.0 Å². The molecule has 2 N–H and O–H groups in total. The maximum Gasteiger partial charge on any atom is 0.408 e. The number of methoxy groups -OCH3 is 1. The van der Waals surface area contributed by atoms with Gasteiger partial charge in [0.1, 0.15) is 24.2 Å². The van der Waals surface area contributed by atoms with Crippen LogP contribution >= 0.6 is 11.8 Å². The fourth-order valence-electron chi connectivity index (χ4n) is 3.81. The van der Waals surface area contributed by atoms with Crippen molar-refractivity contribution in [2.75, 3.05) is 25.7 Å². The molecular weight excluding hydrogens is 494 g/mol. The summed E-state index contributed by atoms with van der Waals surface area (Å²) in [6.07, 6.45) is 1.55. The molecule has 2 unspecified atom stereocenters. The summed E-state index contributed by atoms with van der Waals surface area (Å²) in [5, 5.41) is 5.33. The lowest BCUT2D eigenvalue weighted by Gasteiger charge is -2.43. The van der Waals surface area contributed by atoms with E-state index in [9.17, 15) is 19.2 Å². The van der Waals surface area contributed by atoms with Crippen LogP contribution < -0.4 is 10.6 Å². The van der Waals surface area contributed by atoms with E-state index in [2.05, 4.69) is 15.4 Å². The summed E-state index contributed by atoms with van der Waals surface area (Å²) >= 11 is 1.54. The molecule has 3 amide bonds. The van der Waals surface area contributed by atoms with Gasteiger partial charge in [0.2, 0.25) is 11.8 Å². The number of hydrogen-bond acceptors (Lipinski definition) is 7. The van der Waals surface area contributed by atoms with E-state index >= 15 is 0 Å². The normalized spacial score (nSPS) is 13.2. The maximum absolute atomic E-state index is 14.2. The van der Waals surface area contributed by atoms with Gasteiger partial charge in [-0.3, -0.25) is 14.4 Å². The molecule has 37 heavy (non-hydrogen) atoms. The lowest BCUT2D eigenvalue weighted by atomic mass is 9.92. The Morgan fingerprint density at radius 1 is 1.05 bits per heavy atom. The molecule has 2 atom stereocenters. The zero-order chi connectivity index (χ0) is 28.6. The van der Waals surface area contributed by atoms with Crippen molar-refractivity contribution in [3.05, 3.63) is 34.9 Å². The Morgan fingerprint density at radius 3 is 2.16 bits per heavy atom. The molecule has 0 saturated carbocycles. The summed E-state index contributed by atoms with van der Waals surface area (Å²) in [4.78, 5) is 53.7. The second kappa shape index (κ2) is 13.7. The average Bonchev–Trinajstić information content (AvgIpc) is 2.76. The van der Waals surface area contributed by atoms with E-state index in [-0.39, 0.29) is 6.54 Å². The Kier molecular flexibility index (Phi) is 11.9. The van der Waals surface area contributed by atoms with Crippen molar-refractivity contribution in [2.24, 2.45) is 0 Å². The topological polar surface area (TPSA) is 114 Å². The molecule has 0 heterocycles. The first-order valence-corrected chi connectivity index (χ1v) is 13.6. The van der Waals surface area contributed by atoms with Crippen LogP contribution in [0.15, 0.2) is 18.2 Å². The molecule has 0 bridgehead atoms. The molecule has 0 aromatic heterocycles. The predicted octanol–water partition coefficient (Wildman–Crippen LogP) is 3.91. The summed E-state index contributed by atoms with van der Waals surface area (Å²) in [5.74, 6) is -0.953. The molecule has 0 saturated heterocycles. The van der Waals surface area contributed by atoms with Crippen molar-refractivity contribution >= 4 is 35.6 Å². The zero-order valence-corrected chi connectivity index (χ0v) is 24.6. The number of aryl methyl sites for hydroxylation is 2. The standard InChI is InChI=1S/C27H43N3O6S/c1-17-11-12-19(18(2)15-17)22(23(32)28-16-21(31)35-9)30(26(3,4)5)24(33)20(13-14-37-10)29-25(34)36-27(6,7)8/h11-12,15,20,22H,13-14,16H2,1-10H3,(H,28,32)(H,29,34). The van der Waals surface area contributed by atoms with Crippen molar-refractivity contribution in [1.82, 2.24) is 15.5 Å². The van der Waals surface area contributed by atoms with Crippen LogP contribution in [0.2, 0.25) is 0 Å². The number of thioether (sulfide) groups is 1. The van der Waals surface area contributed by atoms with Gasteiger partial charge in [-0.2, -0.15) is 11.8 Å². The van der Waals surface area contributed by atoms with E-state index in [0.717, 1.165) is 11.1 Å². The van der Waals surface area contributed by atoms with Crippen LogP contribution in [0.25, 0.3) is 0 Å². The predicted molar refractivity (Wildman–Crippen MR) is 146 cm³/mol. The van der Waals surface area contributed by atoms with Crippen molar-refractivity contribution in [1.29, 1.82) is 0 Å². The molecule has 0 radical (unpaired) electrons. The smallest absolute Gasteiger partial charge is 0.408 e. The Morgan fingerprint density at radius 2 is 1.68 bits per heavy atom. The summed E-state index contributed by atoms with van der Waals surface area (Å²) in [5.41, 5.74) is 0.886. The minimum atomic E-state index is -1.06. The molecule has 0 aliphatic rings. The van der Waals surface area contributed by atoms with Gasteiger partial charge in [-0.25, -0.2) is 4.79 Å². The van der Waals surface area contributed by atoms with Gasteiger partial charge in [0.15, 0.2) is 0 Å². The van der Waals surface area contributed by atoms with Gasteiger partial charge in [-0.1, -0.05) is 23.8 Å². The molecule has 0 spiro atoms. The van der Waals surface area contributed by atoms with Gasteiger partial charge in [0.05, 0.1) is 7.11 Å². The number of ether oxygens (including phenoxy) is 2. The first kappa shape index (κ1) is 32.3. The fourth-order valence-corrected chi connectivity index (χ4v) is 4.29. The minimum Gasteiger partial charge on any atom is -0.468 e. The third-order valence-electron chi connectivity index (χ3n) is 5.42. The first-order chi connectivity index (χ1) is 17.0. The Bertz CT molecular complexity index is 968. The average molecular weight is 538 g/mol. The highest BCUT2D eigenvalue weighted by atomic mass is 32.2. The minimum absolute atomic E-state index is 0.338. The number of alkyl carbamates (subject to hydrolysis) is 1. The third-order valence-corrected chi connectivity index (χ3v) is 6.06. The molecule has 0 aliphatic carbocycles. The highest BCUT2D eigenvalue weighted by Crippen LogP contribution is 2.32. The van der Waals surface area contributed by atoms with Crippen LogP contribution in [0.3, 0.4) is 0 Å². The number of rotatable bonds is 10. The number of benzene rings is 1. The molecule has 9 nitrogen and oxygen atoms in total. The lowest BCUT2D eigenvalue weighted by molar-refractivity contribution is -0.149. The Hall–Kier alpha value is -2.75. The first-order valence-electron chi connectivity index (χ1n) is 12.2. The molecule has 208 valence electrons. The van der Waals surface area contributed by atoms with E-state index in [1.54, 1.807) is 32.5 Å². The lowest BCUT2D eigenvalue weighted by Crippen LogP contribution is -2.59. The molecule has 1 aromatic carbocycles. The van der Waals surface area contributed by atoms with E-state index in [0.29, 0.717) is 17.7 Å². The summed E-state index contributed by atoms with van der Waals surface area (Å²) in [6.45, 7) is 14.2. The van der Waals surface area contributed by atoms with Gasteiger partial charge in [0.25, 0.3) is 0 Å². The molecule has 0 aliphatic heterocycles. The number of carbonyl (C=O) groups is 4. The van der Waals surface area contributed by atoms with Gasteiger partial charge in [-0.15, -0.1) is 0 Å². The van der Waals surface area contributed by atoms with Gasteiger partial charge in [-0.05, 0) is 84.9 Å². The highest BCUT2D eigenvalue weighted by Gasteiger charge is 2.42. The van der Waals surface area contributed by atoms with Crippen LogP contribution in [0.5, 0.6) is 0 Å². The number of nitrogens with one attached hydrogen (secondary N) is 2. The maximum atomic E-state index is 14.2. The van der Waals surface area contributed by atoms with Gasteiger partial charge in [0, 0.05) is 5.54 Å². The SMILES string of the molecule is COC(=O)CNC(=O)C(c1ccc(C)cc1C)N(C(=O)C(CCSC)NC(=O)OC(C)(C)C)C(C)(C)C. The molecule has 1 aromatic rings. The number of esters is 1. The van der Waals surface area contributed by atoms with Crippen LogP contribution in [0.4, 0.5) is 4.79 Å². The summed E-state index contributed by atoms with van der Waals surface area (Å²) in [6, 6.07) is 3.64. The quantitative estimate of drug-likeness (QED) is 0.435. The number of hydrogen-bond donors (Lipinski definition) is 2. The summed E-state index contributed by atoms with van der Waals surface area (Å²) in [7, 11) is 1.24. The van der Waals surface area contributed by atoms with Crippen molar-refractivity contribution in [3.8, 4) is 0 Å². The van der Waals surface area contributed by atoms with E-state index < -0.39 is 47.1 Å². The molecule has 10 heteroatoms. The van der Waals surface area contributed by atoms with Crippen LogP contribution in [0.1, 0.15) is 70.7 Å². The Labute approximate surface area is 225 Å². The molecule has 1 rings (SSSR count).